The molecule has 2 saturated heterocycles. The molecule has 10 nitrogen and oxygen atoms in total. The first-order chi connectivity index (χ1) is 16.3. The Morgan fingerprint density at radius 3 is 2.62 bits per heavy atom. The van der Waals surface area contributed by atoms with Gasteiger partial charge in [-0.15, -0.1) is 10.2 Å². The van der Waals surface area contributed by atoms with E-state index in [0.717, 1.165) is 37.2 Å². The number of hydrogen-bond donors (Lipinski definition) is 0. The van der Waals surface area contributed by atoms with Crippen LogP contribution in [0.3, 0.4) is 0 Å². The highest BCUT2D eigenvalue weighted by atomic mass is 32.2. The zero-order valence-corrected chi connectivity index (χ0v) is 19.9. The van der Waals surface area contributed by atoms with Crippen LogP contribution in [0.1, 0.15) is 44.3 Å². The number of aromatic nitrogens is 3. The third-order valence-electron chi connectivity index (χ3n) is 6.99. The van der Waals surface area contributed by atoms with E-state index in [2.05, 4.69) is 17.1 Å². The van der Waals surface area contributed by atoms with Gasteiger partial charge in [-0.2, -0.15) is 4.31 Å². The highest BCUT2D eigenvalue weighted by Crippen LogP contribution is 2.36. The van der Waals surface area contributed by atoms with E-state index >= 15 is 0 Å². The normalized spacial score (nSPS) is 20.6. The quantitative estimate of drug-likeness (QED) is 0.402. The van der Waals surface area contributed by atoms with Gasteiger partial charge < -0.3 is 4.90 Å². The first-order valence-electron chi connectivity index (χ1n) is 11.7. The molecule has 1 unspecified atom stereocenters. The van der Waals surface area contributed by atoms with Gasteiger partial charge in [-0.3, -0.25) is 14.5 Å². The van der Waals surface area contributed by atoms with Gasteiger partial charge in [0, 0.05) is 44.4 Å². The summed E-state index contributed by atoms with van der Waals surface area (Å²) in [4.78, 5) is 13.5. The van der Waals surface area contributed by atoms with Crippen LogP contribution in [0, 0.1) is 16.0 Å². The number of rotatable bonds is 5. The molecule has 1 aromatic carbocycles. The smallest absolute Gasteiger partial charge is 0.293 e. The Morgan fingerprint density at radius 1 is 1.06 bits per heavy atom. The predicted molar refractivity (Wildman–Crippen MR) is 127 cm³/mol. The Kier molecular flexibility index (Phi) is 5.98. The molecule has 1 atom stereocenters. The van der Waals surface area contributed by atoms with E-state index in [1.54, 1.807) is 6.07 Å². The number of benzene rings is 1. The van der Waals surface area contributed by atoms with Crippen molar-refractivity contribution in [2.24, 2.45) is 5.92 Å². The van der Waals surface area contributed by atoms with Gasteiger partial charge in [-0.05, 0) is 55.9 Å². The molecule has 5 rings (SSSR count). The summed E-state index contributed by atoms with van der Waals surface area (Å²) in [7, 11) is -3.77. The summed E-state index contributed by atoms with van der Waals surface area (Å²) in [5.41, 5.74) is 1.02. The fraction of sp³-hybridized carbons (Fsp3) is 0.478. The average Bonchev–Trinajstić information content (AvgIpc) is 3.28. The van der Waals surface area contributed by atoms with Crippen molar-refractivity contribution in [3.63, 3.8) is 0 Å². The van der Waals surface area contributed by atoms with Crippen LogP contribution in [-0.4, -0.2) is 58.4 Å². The monoisotopic (exact) mass is 484 g/mol. The summed E-state index contributed by atoms with van der Waals surface area (Å²) in [6.45, 7) is 4.20. The minimum atomic E-state index is -3.77. The molecule has 2 aromatic heterocycles. The van der Waals surface area contributed by atoms with Crippen LogP contribution in [0.15, 0.2) is 47.5 Å². The van der Waals surface area contributed by atoms with Crippen molar-refractivity contribution in [2.75, 3.05) is 31.1 Å². The number of sulfonamides is 1. The standard InChI is InChI=1S/C23H28N6O4S/c1-17-9-13-27(14-10-17)34(32,33)19-7-8-20(21(15-19)29(30)31)26-11-4-5-18(16-26)23-25-24-22-6-2-3-12-28(22)23/h2-3,6-8,12,15,17-18H,4-5,9-11,13-14,16H2,1H3. The summed E-state index contributed by atoms with van der Waals surface area (Å²) in [6, 6.07) is 10.0. The number of nitrogens with zero attached hydrogens (tertiary/aromatic N) is 6. The fourth-order valence-electron chi connectivity index (χ4n) is 5.00. The molecule has 3 aromatic rings. The zero-order valence-electron chi connectivity index (χ0n) is 19.1. The van der Waals surface area contributed by atoms with Crippen molar-refractivity contribution in [1.29, 1.82) is 0 Å². The topological polar surface area (TPSA) is 114 Å². The number of pyridine rings is 1. The molecule has 2 fully saturated rings. The number of piperidine rings is 2. The minimum Gasteiger partial charge on any atom is -0.365 e. The van der Waals surface area contributed by atoms with E-state index in [4.69, 9.17) is 0 Å². The summed E-state index contributed by atoms with van der Waals surface area (Å²) < 4.78 is 29.7. The van der Waals surface area contributed by atoms with Gasteiger partial charge in [0.1, 0.15) is 11.5 Å². The van der Waals surface area contributed by atoms with Crippen LogP contribution in [-0.2, 0) is 10.0 Å². The molecule has 180 valence electrons. The van der Waals surface area contributed by atoms with Crippen molar-refractivity contribution in [2.45, 2.75) is 43.4 Å². The molecule has 2 aliphatic rings. The number of nitro groups is 1. The molecule has 0 amide bonds. The van der Waals surface area contributed by atoms with Gasteiger partial charge in [0.15, 0.2) is 5.65 Å². The fourth-order valence-corrected chi connectivity index (χ4v) is 6.49. The van der Waals surface area contributed by atoms with Gasteiger partial charge in [0.05, 0.1) is 9.82 Å². The lowest BCUT2D eigenvalue weighted by Crippen LogP contribution is -2.38. The molecule has 4 heterocycles. The predicted octanol–water partition coefficient (Wildman–Crippen LogP) is 3.44. The van der Waals surface area contributed by atoms with Gasteiger partial charge >= 0.3 is 0 Å². The van der Waals surface area contributed by atoms with Gasteiger partial charge in [0.2, 0.25) is 10.0 Å². The van der Waals surface area contributed by atoms with Crippen LogP contribution in [0.4, 0.5) is 11.4 Å². The van der Waals surface area contributed by atoms with Crippen LogP contribution in [0.25, 0.3) is 5.65 Å². The van der Waals surface area contributed by atoms with Gasteiger partial charge in [0.25, 0.3) is 5.69 Å². The molecule has 0 aliphatic carbocycles. The van der Waals surface area contributed by atoms with E-state index < -0.39 is 14.9 Å². The SMILES string of the molecule is CC1CCN(S(=O)(=O)c2ccc(N3CCCC(c4nnc5ccccn45)C3)c([N+](=O)[O-])c2)CC1. The van der Waals surface area contributed by atoms with E-state index in [-0.39, 0.29) is 16.5 Å². The van der Waals surface area contributed by atoms with Crippen molar-refractivity contribution in [3.8, 4) is 0 Å². The molecular formula is C23H28N6O4S. The van der Waals surface area contributed by atoms with Crippen LogP contribution >= 0.6 is 0 Å². The minimum absolute atomic E-state index is 0.0190. The largest absolute Gasteiger partial charge is 0.365 e. The lowest BCUT2D eigenvalue weighted by atomic mass is 9.96. The molecule has 0 spiro atoms. The molecule has 0 radical (unpaired) electrons. The third-order valence-corrected chi connectivity index (χ3v) is 8.89. The number of anilines is 1. The maximum Gasteiger partial charge on any atom is 0.293 e. The maximum atomic E-state index is 13.2. The van der Waals surface area contributed by atoms with E-state index in [9.17, 15) is 18.5 Å². The Bertz CT molecular complexity index is 1320. The molecule has 34 heavy (non-hydrogen) atoms. The first kappa shape index (κ1) is 22.7. The lowest BCUT2D eigenvalue weighted by molar-refractivity contribution is -0.384. The van der Waals surface area contributed by atoms with Crippen molar-refractivity contribution >= 4 is 27.0 Å². The van der Waals surface area contributed by atoms with Gasteiger partial charge in [-0.1, -0.05) is 13.0 Å². The van der Waals surface area contributed by atoms with Gasteiger partial charge in [-0.25, -0.2) is 8.42 Å². The van der Waals surface area contributed by atoms with Crippen LogP contribution in [0.5, 0.6) is 0 Å². The van der Waals surface area contributed by atoms with E-state index in [1.807, 2.05) is 33.7 Å². The average molecular weight is 485 g/mol. The Morgan fingerprint density at radius 2 is 1.85 bits per heavy atom. The maximum absolute atomic E-state index is 13.2. The summed E-state index contributed by atoms with van der Waals surface area (Å²) in [5.74, 6) is 1.38. The first-order valence-corrected chi connectivity index (χ1v) is 13.1. The van der Waals surface area contributed by atoms with Crippen LogP contribution in [0.2, 0.25) is 0 Å². The second kappa shape index (κ2) is 8.95. The third kappa shape index (κ3) is 4.14. The van der Waals surface area contributed by atoms with Crippen molar-refractivity contribution in [3.05, 3.63) is 58.5 Å². The number of hydrogen-bond acceptors (Lipinski definition) is 7. The second-order valence-corrected chi connectivity index (χ2v) is 11.2. The molecule has 0 N–H and O–H groups in total. The molecular weight excluding hydrogens is 456 g/mol. The summed E-state index contributed by atoms with van der Waals surface area (Å²) >= 11 is 0. The Hall–Kier alpha value is -3.05. The second-order valence-electron chi connectivity index (χ2n) is 9.27. The van der Waals surface area contributed by atoms with E-state index in [1.165, 1.54) is 16.4 Å². The number of nitro benzene ring substituents is 1. The van der Waals surface area contributed by atoms with Crippen molar-refractivity contribution < 1.29 is 13.3 Å². The van der Waals surface area contributed by atoms with Crippen molar-refractivity contribution in [1.82, 2.24) is 18.9 Å². The molecule has 11 heteroatoms. The van der Waals surface area contributed by atoms with E-state index in [0.29, 0.717) is 37.8 Å². The Labute approximate surface area is 198 Å². The molecule has 0 saturated carbocycles. The summed E-state index contributed by atoms with van der Waals surface area (Å²) in [5, 5.41) is 20.6. The highest BCUT2D eigenvalue weighted by Gasteiger charge is 2.33. The zero-order chi connectivity index (χ0) is 23.9. The highest BCUT2D eigenvalue weighted by molar-refractivity contribution is 7.89. The van der Waals surface area contributed by atoms with Crippen LogP contribution < -0.4 is 4.90 Å². The molecule has 2 aliphatic heterocycles. The summed E-state index contributed by atoms with van der Waals surface area (Å²) in [6.07, 6.45) is 5.26. The Balaban J connectivity index is 1.43. The number of fused-ring (bicyclic) bond motifs is 1. The molecule has 0 bridgehead atoms. The lowest BCUT2D eigenvalue weighted by Gasteiger charge is -2.33.